The van der Waals surface area contributed by atoms with Gasteiger partial charge in [-0.25, -0.2) is 4.39 Å². The number of carbonyl (C=O) groups excluding carboxylic acids is 1. The highest BCUT2D eigenvalue weighted by molar-refractivity contribution is 5.95. The number of nitrogens with zero attached hydrogens (tertiary/aromatic N) is 1. The first kappa shape index (κ1) is 15.9. The van der Waals surface area contributed by atoms with Crippen molar-refractivity contribution in [1.82, 2.24) is 4.90 Å². The molecule has 1 amide bonds. The van der Waals surface area contributed by atoms with Crippen LogP contribution in [0.3, 0.4) is 0 Å². The Bertz CT molecular complexity index is 481. The fraction of sp³-hybridized carbons (Fsp3) is 0.500. The molecule has 1 saturated heterocycles. The van der Waals surface area contributed by atoms with Gasteiger partial charge < -0.3 is 10.6 Å². The molecule has 1 aromatic carbocycles. The molecule has 1 atom stereocenters. The largest absolute Gasteiger partial charge is 0.338 e. The normalized spacial score (nSPS) is 22.2. The minimum Gasteiger partial charge on any atom is -0.338 e. The molecule has 1 heterocycles. The van der Waals surface area contributed by atoms with Crippen LogP contribution >= 0.6 is 12.4 Å². The van der Waals surface area contributed by atoms with Crippen LogP contribution in [0.2, 0.25) is 0 Å². The van der Waals surface area contributed by atoms with Gasteiger partial charge >= 0.3 is 0 Å². The lowest BCUT2D eigenvalue weighted by atomic mass is 9.90. The lowest BCUT2D eigenvalue weighted by Crippen LogP contribution is -2.34. The van der Waals surface area contributed by atoms with Gasteiger partial charge in [0.15, 0.2) is 0 Å². The highest BCUT2D eigenvalue weighted by Gasteiger charge is 2.35. The van der Waals surface area contributed by atoms with E-state index in [-0.39, 0.29) is 29.5 Å². The number of amides is 1. The van der Waals surface area contributed by atoms with Crippen molar-refractivity contribution >= 4 is 18.3 Å². The van der Waals surface area contributed by atoms with Crippen LogP contribution in [0.5, 0.6) is 0 Å². The van der Waals surface area contributed by atoms with E-state index in [9.17, 15) is 9.18 Å². The molecule has 1 aliphatic heterocycles. The minimum absolute atomic E-state index is 0. The smallest absolute Gasteiger partial charge is 0.254 e. The van der Waals surface area contributed by atoms with Crippen LogP contribution < -0.4 is 5.73 Å². The van der Waals surface area contributed by atoms with Crippen LogP contribution in [0.15, 0.2) is 18.2 Å². The lowest BCUT2D eigenvalue weighted by molar-refractivity contribution is 0.0776. The standard InChI is InChI=1S/C14H19FN2O.ClH/c1-10-7-11(15)3-4-12(10)13(18)17-6-5-14(2,8-16)9-17;/h3-4,7H,5-6,8-9,16H2,1-2H3;1H. The molecule has 0 saturated carbocycles. The average Bonchev–Trinajstić information content (AvgIpc) is 2.72. The average molecular weight is 287 g/mol. The molecule has 3 nitrogen and oxygen atoms in total. The summed E-state index contributed by atoms with van der Waals surface area (Å²) in [4.78, 5) is 14.2. The number of nitrogens with two attached hydrogens (primary N) is 1. The Morgan fingerprint density at radius 2 is 2.21 bits per heavy atom. The van der Waals surface area contributed by atoms with Crippen molar-refractivity contribution in [3.8, 4) is 0 Å². The van der Waals surface area contributed by atoms with Crippen molar-refractivity contribution in [2.75, 3.05) is 19.6 Å². The van der Waals surface area contributed by atoms with Crippen molar-refractivity contribution in [3.63, 3.8) is 0 Å². The molecular weight excluding hydrogens is 267 g/mol. The third-order valence-electron chi connectivity index (χ3n) is 3.76. The van der Waals surface area contributed by atoms with Gasteiger partial charge in [0, 0.05) is 18.7 Å². The second-order valence-corrected chi connectivity index (χ2v) is 5.45. The molecule has 0 bridgehead atoms. The van der Waals surface area contributed by atoms with E-state index in [1.54, 1.807) is 13.0 Å². The van der Waals surface area contributed by atoms with E-state index < -0.39 is 0 Å². The molecule has 2 N–H and O–H groups in total. The van der Waals surface area contributed by atoms with E-state index in [2.05, 4.69) is 6.92 Å². The number of rotatable bonds is 2. The minimum atomic E-state index is -0.308. The second-order valence-electron chi connectivity index (χ2n) is 5.45. The van der Waals surface area contributed by atoms with Gasteiger partial charge in [-0.15, -0.1) is 12.4 Å². The van der Waals surface area contributed by atoms with Crippen LogP contribution in [0.4, 0.5) is 4.39 Å². The molecule has 1 fully saturated rings. The van der Waals surface area contributed by atoms with E-state index in [1.807, 2.05) is 4.90 Å². The molecular formula is C14H20ClFN2O. The molecule has 1 aliphatic rings. The Morgan fingerprint density at radius 3 is 2.74 bits per heavy atom. The SMILES string of the molecule is Cc1cc(F)ccc1C(=O)N1CCC(C)(CN)C1.Cl. The quantitative estimate of drug-likeness (QED) is 0.907. The van der Waals surface area contributed by atoms with Crippen LogP contribution in [0.1, 0.15) is 29.3 Å². The van der Waals surface area contributed by atoms with Gasteiger partial charge in [-0.3, -0.25) is 4.79 Å². The summed E-state index contributed by atoms with van der Waals surface area (Å²) in [7, 11) is 0. The van der Waals surface area contributed by atoms with Crippen LogP contribution in [-0.2, 0) is 0 Å². The number of carbonyl (C=O) groups is 1. The van der Waals surface area contributed by atoms with Crippen molar-refractivity contribution in [1.29, 1.82) is 0 Å². The molecule has 1 aromatic rings. The maximum atomic E-state index is 13.0. The van der Waals surface area contributed by atoms with Gasteiger partial charge in [0.25, 0.3) is 5.91 Å². The van der Waals surface area contributed by atoms with E-state index >= 15 is 0 Å². The number of halogens is 2. The number of hydrogen-bond acceptors (Lipinski definition) is 2. The third-order valence-corrected chi connectivity index (χ3v) is 3.76. The first-order chi connectivity index (χ1) is 8.45. The molecule has 1 unspecified atom stereocenters. The predicted octanol–water partition coefficient (Wildman–Crippen LogP) is 2.37. The van der Waals surface area contributed by atoms with Gasteiger partial charge in [0.2, 0.25) is 0 Å². The summed E-state index contributed by atoms with van der Waals surface area (Å²) >= 11 is 0. The first-order valence-electron chi connectivity index (χ1n) is 6.21. The summed E-state index contributed by atoms with van der Waals surface area (Å²) in [6.45, 7) is 5.84. The van der Waals surface area contributed by atoms with Crippen molar-refractivity contribution in [2.24, 2.45) is 11.1 Å². The number of aryl methyl sites for hydroxylation is 1. The first-order valence-corrected chi connectivity index (χ1v) is 6.21. The Kier molecular flexibility index (Phi) is 4.93. The van der Waals surface area contributed by atoms with Crippen LogP contribution in [-0.4, -0.2) is 30.4 Å². The topological polar surface area (TPSA) is 46.3 Å². The Morgan fingerprint density at radius 1 is 1.53 bits per heavy atom. The van der Waals surface area contributed by atoms with Gasteiger partial charge in [0.1, 0.15) is 5.82 Å². The van der Waals surface area contributed by atoms with Gasteiger partial charge in [-0.1, -0.05) is 6.92 Å². The number of benzene rings is 1. The summed E-state index contributed by atoms with van der Waals surface area (Å²) in [5.74, 6) is -0.332. The Hall–Kier alpha value is -1.13. The zero-order chi connectivity index (χ0) is 13.3. The lowest BCUT2D eigenvalue weighted by Gasteiger charge is -2.23. The molecule has 5 heteroatoms. The van der Waals surface area contributed by atoms with Gasteiger partial charge in [-0.2, -0.15) is 0 Å². The highest BCUT2D eigenvalue weighted by atomic mass is 35.5. The number of likely N-dealkylation sites (tertiary alicyclic amines) is 1. The summed E-state index contributed by atoms with van der Waals surface area (Å²) < 4.78 is 13.0. The molecule has 0 aliphatic carbocycles. The van der Waals surface area contributed by atoms with E-state index in [1.165, 1.54) is 12.1 Å². The molecule has 106 valence electrons. The summed E-state index contributed by atoms with van der Waals surface area (Å²) in [6, 6.07) is 4.29. The molecule has 0 spiro atoms. The van der Waals surface area contributed by atoms with Crippen molar-refractivity contribution < 1.29 is 9.18 Å². The zero-order valence-corrected chi connectivity index (χ0v) is 12.1. The van der Waals surface area contributed by atoms with Crippen LogP contribution in [0.25, 0.3) is 0 Å². The molecule has 0 radical (unpaired) electrons. The van der Waals surface area contributed by atoms with Gasteiger partial charge in [0.05, 0.1) is 0 Å². The summed E-state index contributed by atoms with van der Waals surface area (Å²) in [6.07, 6.45) is 0.926. The molecule has 0 aromatic heterocycles. The van der Waals surface area contributed by atoms with E-state index in [0.29, 0.717) is 24.2 Å². The number of hydrogen-bond donors (Lipinski definition) is 1. The van der Waals surface area contributed by atoms with Crippen molar-refractivity contribution in [3.05, 3.63) is 35.1 Å². The molecule has 19 heavy (non-hydrogen) atoms. The van der Waals surface area contributed by atoms with Crippen molar-refractivity contribution in [2.45, 2.75) is 20.3 Å². The molecule has 2 rings (SSSR count). The summed E-state index contributed by atoms with van der Waals surface area (Å²) in [5.41, 5.74) is 7.01. The Balaban J connectivity index is 0.00000180. The maximum Gasteiger partial charge on any atom is 0.254 e. The van der Waals surface area contributed by atoms with E-state index in [4.69, 9.17) is 5.73 Å². The Labute approximate surface area is 119 Å². The highest BCUT2D eigenvalue weighted by Crippen LogP contribution is 2.29. The maximum absolute atomic E-state index is 13.0. The van der Waals surface area contributed by atoms with E-state index in [0.717, 1.165) is 13.0 Å². The second kappa shape index (κ2) is 5.88. The van der Waals surface area contributed by atoms with Gasteiger partial charge in [-0.05, 0) is 49.1 Å². The summed E-state index contributed by atoms with van der Waals surface area (Å²) in [5, 5.41) is 0. The fourth-order valence-corrected chi connectivity index (χ4v) is 2.40. The monoisotopic (exact) mass is 286 g/mol. The predicted molar refractivity (Wildman–Crippen MR) is 76.1 cm³/mol. The fourth-order valence-electron chi connectivity index (χ4n) is 2.40. The van der Waals surface area contributed by atoms with Crippen LogP contribution in [0, 0.1) is 18.2 Å². The third kappa shape index (κ3) is 3.25. The zero-order valence-electron chi connectivity index (χ0n) is 11.3.